The van der Waals surface area contributed by atoms with E-state index in [0.29, 0.717) is 0 Å². The third kappa shape index (κ3) is 3.30. The maximum Gasteiger partial charge on any atom is 0.269 e. The van der Waals surface area contributed by atoms with Crippen molar-refractivity contribution in [3.05, 3.63) is 50.9 Å². The Bertz CT molecular complexity index is 384. The highest BCUT2D eigenvalue weighted by molar-refractivity contribution is 5.52. The molecule has 15 heavy (non-hydrogen) atoms. The molecule has 0 aliphatic heterocycles. The first-order chi connectivity index (χ1) is 7.13. The van der Waals surface area contributed by atoms with E-state index in [1.54, 1.807) is 31.2 Å². The van der Waals surface area contributed by atoms with Crippen molar-refractivity contribution >= 4 is 11.8 Å². The van der Waals surface area contributed by atoms with Crippen LogP contribution in [0, 0.1) is 15.0 Å². The lowest BCUT2D eigenvalue weighted by atomic mass is 10.2. The molecular weight excluding hydrogens is 196 g/mol. The molecule has 0 N–H and O–H groups in total. The van der Waals surface area contributed by atoms with Crippen LogP contribution in [0.4, 0.5) is 5.69 Å². The SMILES string of the molecule is CC(/C=C/c1ccc([N+](=O)[O-])cc1)N=O. The lowest BCUT2D eigenvalue weighted by molar-refractivity contribution is -0.384. The van der Waals surface area contributed by atoms with Gasteiger partial charge >= 0.3 is 0 Å². The van der Waals surface area contributed by atoms with Gasteiger partial charge in [0.1, 0.15) is 6.04 Å². The molecule has 0 bridgehead atoms. The Morgan fingerprint density at radius 2 is 2.00 bits per heavy atom. The van der Waals surface area contributed by atoms with E-state index < -0.39 is 4.92 Å². The molecule has 1 atom stereocenters. The van der Waals surface area contributed by atoms with Gasteiger partial charge in [-0.15, -0.1) is 0 Å². The first-order valence-electron chi connectivity index (χ1n) is 4.38. The van der Waals surface area contributed by atoms with E-state index in [4.69, 9.17) is 0 Å². The second-order valence-electron chi connectivity index (χ2n) is 3.05. The average Bonchev–Trinajstić information content (AvgIpc) is 2.26. The normalized spacial score (nSPS) is 12.6. The van der Waals surface area contributed by atoms with Crippen LogP contribution in [-0.4, -0.2) is 11.0 Å². The fourth-order valence-corrected chi connectivity index (χ4v) is 0.993. The molecule has 1 rings (SSSR count). The Kier molecular flexibility index (Phi) is 3.68. The molecule has 1 aromatic rings. The van der Waals surface area contributed by atoms with Crippen LogP contribution in [0.1, 0.15) is 12.5 Å². The zero-order valence-electron chi connectivity index (χ0n) is 8.16. The predicted octanol–water partition coefficient (Wildman–Crippen LogP) is 2.76. The second kappa shape index (κ2) is 4.99. The molecule has 0 aliphatic carbocycles. The van der Waals surface area contributed by atoms with Crippen LogP contribution < -0.4 is 0 Å². The monoisotopic (exact) mass is 206 g/mol. The number of nitroso groups, excluding NO2 is 1. The van der Waals surface area contributed by atoms with Gasteiger partial charge in [-0.1, -0.05) is 17.3 Å². The molecule has 1 aromatic carbocycles. The van der Waals surface area contributed by atoms with Crippen molar-refractivity contribution in [2.45, 2.75) is 13.0 Å². The number of non-ortho nitro benzene ring substituents is 1. The number of hydrogen-bond donors (Lipinski definition) is 0. The van der Waals surface area contributed by atoms with Crippen LogP contribution in [0.15, 0.2) is 35.5 Å². The van der Waals surface area contributed by atoms with Crippen LogP contribution in [0.3, 0.4) is 0 Å². The molecule has 0 aromatic heterocycles. The van der Waals surface area contributed by atoms with Gasteiger partial charge in [-0.2, -0.15) is 4.91 Å². The molecule has 0 radical (unpaired) electrons. The van der Waals surface area contributed by atoms with Gasteiger partial charge in [0.15, 0.2) is 0 Å². The van der Waals surface area contributed by atoms with Crippen LogP contribution in [0.25, 0.3) is 6.08 Å². The number of rotatable bonds is 4. The second-order valence-corrected chi connectivity index (χ2v) is 3.05. The standard InChI is InChI=1S/C10H10N2O3/c1-8(11-13)2-3-9-4-6-10(7-5-9)12(14)15/h2-8H,1H3/b3-2+. The summed E-state index contributed by atoms with van der Waals surface area (Å²) in [5.74, 6) is 0. The summed E-state index contributed by atoms with van der Waals surface area (Å²) < 4.78 is 0. The van der Waals surface area contributed by atoms with Gasteiger partial charge in [0.2, 0.25) is 0 Å². The van der Waals surface area contributed by atoms with Gasteiger partial charge in [-0.05, 0) is 24.6 Å². The Balaban J connectivity index is 2.76. The van der Waals surface area contributed by atoms with Gasteiger partial charge in [0.25, 0.3) is 5.69 Å². The number of nitrogens with zero attached hydrogens (tertiary/aromatic N) is 2. The molecule has 0 amide bonds. The van der Waals surface area contributed by atoms with Crippen molar-refractivity contribution in [2.75, 3.05) is 0 Å². The molecule has 0 aliphatic rings. The molecule has 5 heteroatoms. The first kappa shape index (κ1) is 11.0. The van der Waals surface area contributed by atoms with E-state index in [1.165, 1.54) is 12.1 Å². The van der Waals surface area contributed by atoms with E-state index in [9.17, 15) is 15.0 Å². The lowest BCUT2D eigenvalue weighted by Gasteiger charge is -1.94. The number of nitro groups is 1. The van der Waals surface area contributed by atoms with Crippen LogP contribution >= 0.6 is 0 Å². The number of hydrogen-bond acceptors (Lipinski definition) is 4. The zero-order chi connectivity index (χ0) is 11.3. The summed E-state index contributed by atoms with van der Waals surface area (Å²) in [6.45, 7) is 1.66. The highest BCUT2D eigenvalue weighted by Gasteiger charge is 2.02. The third-order valence-corrected chi connectivity index (χ3v) is 1.84. The molecule has 78 valence electrons. The van der Waals surface area contributed by atoms with Crippen LogP contribution in [0.2, 0.25) is 0 Å². The fourth-order valence-electron chi connectivity index (χ4n) is 0.993. The van der Waals surface area contributed by atoms with Crippen LogP contribution in [0.5, 0.6) is 0 Å². The summed E-state index contributed by atoms with van der Waals surface area (Å²) in [6, 6.07) is 5.68. The number of benzene rings is 1. The summed E-state index contributed by atoms with van der Waals surface area (Å²) >= 11 is 0. The van der Waals surface area contributed by atoms with E-state index in [2.05, 4.69) is 5.18 Å². The van der Waals surface area contributed by atoms with Crippen LogP contribution in [-0.2, 0) is 0 Å². The van der Waals surface area contributed by atoms with Crippen molar-refractivity contribution in [3.63, 3.8) is 0 Å². The number of nitro benzene ring substituents is 1. The summed E-state index contributed by atoms with van der Waals surface area (Å²) in [7, 11) is 0. The minimum atomic E-state index is -0.455. The Labute approximate surface area is 86.5 Å². The van der Waals surface area contributed by atoms with Gasteiger partial charge in [0, 0.05) is 12.1 Å². The maximum absolute atomic E-state index is 10.4. The summed E-state index contributed by atoms with van der Waals surface area (Å²) in [6.07, 6.45) is 3.34. The van der Waals surface area contributed by atoms with Crippen molar-refractivity contribution in [1.29, 1.82) is 0 Å². The molecular formula is C10H10N2O3. The van der Waals surface area contributed by atoms with Crippen molar-refractivity contribution in [3.8, 4) is 0 Å². The largest absolute Gasteiger partial charge is 0.269 e. The topological polar surface area (TPSA) is 72.6 Å². The lowest BCUT2D eigenvalue weighted by Crippen LogP contribution is -1.89. The van der Waals surface area contributed by atoms with Gasteiger partial charge in [0.05, 0.1) is 4.92 Å². The van der Waals surface area contributed by atoms with E-state index in [1.807, 2.05) is 0 Å². The quantitative estimate of drug-likeness (QED) is 0.432. The zero-order valence-corrected chi connectivity index (χ0v) is 8.16. The predicted molar refractivity (Wildman–Crippen MR) is 57.4 cm³/mol. The van der Waals surface area contributed by atoms with Gasteiger partial charge in [-0.25, -0.2) is 0 Å². The minimum Gasteiger partial charge on any atom is -0.258 e. The molecule has 0 spiro atoms. The Morgan fingerprint density at radius 3 is 2.47 bits per heavy atom. The van der Waals surface area contributed by atoms with Gasteiger partial charge in [-0.3, -0.25) is 10.1 Å². The summed E-state index contributed by atoms with van der Waals surface area (Å²) in [4.78, 5) is 20.0. The fraction of sp³-hybridized carbons (Fsp3) is 0.200. The Hall–Kier alpha value is -2.04. The van der Waals surface area contributed by atoms with E-state index >= 15 is 0 Å². The van der Waals surface area contributed by atoms with E-state index in [-0.39, 0.29) is 11.7 Å². The molecule has 1 unspecified atom stereocenters. The minimum absolute atomic E-state index is 0.0497. The van der Waals surface area contributed by atoms with Crippen molar-refractivity contribution in [2.24, 2.45) is 5.18 Å². The highest BCUT2D eigenvalue weighted by atomic mass is 16.6. The van der Waals surface area contributed by atoms with Crippen molar-refractivity contribution < 1.29 is 4.92 Å². The first-order valence-corrected chi connectivity index (χ1v) is 4.38. The van der Waals surface area contributed by atoms with E-state index in [0.717, 1.165) is 5.56 Å². The maximum atomic E-state index is 10.4. The smallest absolute Gasteiger partial charge is 0.258 e. The van der Waals surface area contributed by atoms with Gasteiger partial charge < -0.3 is 0 Å². The molecule has 0 saturated heterocycles. The highest BCUT2D eigenvalue weighted by Crippen LogP contribution is 2.13. The van der Waals surface area contributed by atoms with Crippen molar-refractivity contribution in [1.82, 2.24) is 0 Å². The molecule has 0 heterocycles. The average molecular weight is 206 g/mol. The molecule has 0 fully saturated rings. The Morgan fingerprint density at radius 1 is 1.40 bits per heavy atom. The summed E-state index contributed by atoms with van der Waals surface area (Å²) in [5.41, 5.74) is 0.852. The molecule has 0 saturated carbocycles. The third-order valence-electron chi connectivity index (χ3n) is 1.84. The molecule has 5 nitrogen and oxygen atoms in total. The summed E-state index contributed by atoms with van der Waals surface area (Å²) in [5, 5.41) is 13.2.